The zero-order valence-electron chi connectivity index (χ0n) is 13.2. The van der Waals surface area contributed by atoms with Crippen LogP contribution in [-0.2, 0) is 4.79 Å². The van der Waals surface area contributed by atoms with E-state index < -0.39 is 5.91 Å². The van der Waals surface area contributed by atoms with Crippen molar-refractivity contribution in [2.75, 3.05) is 19.0 Å². The quantitative estimate of drug-likeness (QED) is 0.847. The molecule has 0 aliphatic carbocycles. The summed E-state index contributed by atoms with van der Waals surface area (Å²) >= 11 is 11.7. The predicted molar refractivity (Wildman–Crippen MR) is 95.2 cm³/mol. The molecule has 0 saturated heterocycles. The molecule has 0 aromatic heterocycles. The Kier molecular flexibility index (Phi) is 6.06. The molecule has 0 spiro atoms. The summed E-state index contributed by atoms with van der Waals surface area (Å²) in [6.07, 6.45) is 0. The van der Waals surface area contributed by atoms with Crippen LogP contribution in [-0.4, -0.2) is 25.5 Å². The van der Waals surface area contributed by atoms with Crippen molar-refractivity contribution in [3.63, 3.8) is 0 Å². The van der Waals surface area contributed by atoms with Crippen LogP contribution in [0.5, 0.6) is 5.75 Å². The van der Waals surface area contributed by atoms with Crippen LogP contribution in [0.25, 0.3) is 0 Å². The third-order valence-corrected chi connectivity index (χ3v) is 3.60. The largest absolute Gasteiger partial charge is 0.495 e. The van der Waals surface area contributed by atoms with Crippen molar-refractivity contribution in [1.29, 1.82) is 0 Å². The molecule has 2 rings (SSSR count). The highest BCUT2D eigenvalue weighted by Crippen LogP contribution is 2.25. The zero-order valence-corrected chi connectivity index (χ0v) is 14.7. The Balaban J connectivity index is 1.98. The monoisotopic (exact) mass is 366 g/mol. The first-order valence-electron chi connectivity index (χ1n) is 7.08. The molecule has 0 aliphatic heterocycles. The maximum Gasteiger partial charge on any atom is 0.251 e. The highest BCUT2D eigenvalue weighted by molar-refractivity contribution is 6.35. The van der Waals surface area contributed by atoms with Gasteiger partial charge in [0.05, 0.1) is 19.3 Å². The molecule has 0 fully saturated rings. The van der Waals surface area contributed by atoms with Gasteiger partial charge in [0.2, 0.25) is 5.91 Å². The van der Waals surface area contributed by atoms with Gasteiger partial charge in [-0.05, 0) is 42.8 Å². The number of rotatable bonds is 5. The van der Waals surface area contributed by atoms with E-state index in [1.54, 1.807) is 12.1 Å². The number of carbonyl (C=O) groups excluding carboxylic acids is 2. The van der Waals surface area contributed by atoms with E-state index in [9.17, 15) is 9.59 Å². The summed E-state index contributed by atoms with van der Waals surface area (Å²) in [5.74, 6) is -0.270. The molecule has 2 N–H and O–H groups in total. The fraction of sp³-hybridized carbons (Fsp3) is 0.176. The number of hydrogen-bond donors (Lipinski definition) is 2. The maximum atomic E-state index is 12.1. The van der Waals surface area contributed by atoms with E-state index >= 15 is 0 Å². The van der Waals surface area contributed by atoms with Crippen molar-refractivity contribution >= 4 is 40.7 Å². The van der Waals surface area contributed by atoms with Gasteiger partial charge < -0.3 is 15.4 Å². The molecule has 0 aliphatic rings. The number of methoxy groups -OCH3 is 1. The van der Waals surface area contributed by atoms with Crippen LogP contribution in [0.4, 0.5) is 5.69 Å². The summed E-state index contributed by atoms with van der Waals surface area (Å²) < 4.78 is 5.19. The van der Waals surface area contributed by atoms with E-state index in [-0.39, 0.29) is 18.0 Å². The molecular formula is C17H16Cl2N2O3. The average molecular weight is 367 g/mol. The van der Waals surface area contributed by atoms with E-state index in [4.69, 9.17) is 27.9 Å². The van der Waals surface area contributed by atoms with Crippen molar-refractivity contribution in [1.82, 2.24) is 5.32 Å². The molecule has 0 atom stereocenters. The SMILES string of the molecule is COc1ccc(C)cc1NC(=O)CNC(=O)c1cc(Cl)cc(Cl)c1. The van der Waals surface area contributed by atoms with Gasteiger partial charge in [0.1, 0.15) is 5.75 Å². The van der Waals surface area contributed by atoms with Crippen LogP contribution >= 0.6 is 23.2 Å². The molecule has 2 amide bonds. The lowest BCUT2D eigenvalue weighted by Gasteiger charge is -2.11. The van der Waals surface area contributed by atoms with Crippen molar-refractivity contribution in [2.24, 2.45) is 0 Å². The molecular weight excluding hydrogens is 351 g/mol. The second-order valence-electron chi connectivity index (χ2n) is 5.09. The number of amides is 2. The van der Waals surface area contributed by atoms with Crippen LogP contribution in [0.3, 0.4) is 0 Å². The molecule has 2 aromatic rings. The van der Waals surface area contributed by atoms with Gasteiger partial charge >= 0.3 is 0 Å². The predicted octanol–water partition coefficient (Wildman–Crippen LogP) is 3.68. The van der Waals surface area contributed by atoms with Gasteiger partial charge in [-0.1, -0.05) is 29.3 Å². The maximum absolute atomic E-state index is 12.1. The normalized spacial score (nSPS) is 10.2. The van der Waals surface area contributed by atoms with Crippen molar-refractivity contribution < 1.29 is 14.3 Å². The molecule has 126 valence electrons. The summed E-state index contributed by atoms with van der Waals surface area (Å²) in [5, 5.41) is 5.91. The number of nitrogens with one attached hydrogen (secondary N) is 2. The van der Waals surface area contributed by atoms with Gasteiger partial charge in [-0.3, -0.25) is 9.59 Å². The van der Waals surface area contributed by atoms with E-state index in [0.717, 1.165) is 5.56 Å². The number of hydrogen-bond acceptors (Lipinski definition) is 3. The van der Waals surface area contributed by atoms with E-state index in [1.165, 1.54) is 25.3 Å². The third kappa shape index (κ3) is 4.88. The lowest BCUT2D eigenvalue weighted by atomic mass is 10.2. The molecule has 5 nitrogen and oxygen atoms in total. The molecule has 0 heterocycles. The van der Waals surface area contributed by atoms with Gasteiger partial charge in [0, 0.05) is 15.6 Å². The molecule has 7 heteroatoms. The van der Waals surface area contributed by atoms with Crippen LogP contribution in [0.2, 0.25) is 10.0 Å². The van der Waals surface area contributed by atoms with Crippen molar-refractivity contribution in [2.45, 2.75) is 6.92 Å². The Labute approximate surface area is 149 Å². The first kappa shape index (κ1) is 18.1. The molecule has 0 unspecified atom stereocenters. The average Bonchev–Trinajstić information content (AvgIpc) is 2.52. The summed E-state index contributed by atoms with van der Waals surface area (Å²) in [7, 11) is 1.52. The second-order valence-corrected chi connectivity index (χ2v) is 5.97. The molecule has 0 saturated carbocycles. The first-order chi connectivity index (χ1) is 11.4. The number of carbonyl (C=O) groups is 2. The van der Waals surface area contributed by atoms with Gasteiger partial charge in [-0.25, -0.2) is 0 Å². The summed E-state index contributed by atoms with van der Waals surface area (Å²) in [6.45, 7) is 1.71. The molecule has 0 bridgehead atoms. The van der Waals surface area contributed by atoms with Crippen LogP contribution in [0.1, 0.15) is 15.9 Å². The summed E-state index contributed by atoms with van der Waals surface area (Å²) in [4.78, 5) is 24.1. The van der Waals surface area contributed by atoms with Crippen molar-refractivity contribution in [3.05, 3.63) is 57.6 Å². The highest BCUT2D eigenvalue weighted by atomic mass is 35.5. The number of aryl methyl sites for hydroxylation is 1. The fourth-order valence-electron chi connectivity index (χ4n) is 2.06. The molecule has 0 radical (unpaired) electrons. The Hall–Kier alpha value is -2.24. The minimum Gasteiger partial charge on any atom is -0.495 e. The Morgan fingerprint density at radius 3 is 2.38 bits per heavy atom. The van der Waals surface area contributed by atoms with Gasteiger partial charge in [0.15, 0.2) is 0 Å². The fourth-order valence-corrected chi connectivity index (χ4v) is 2.59. The minimum atomic E-state index is -0.439. The molecule has 24 heavy (non-hydrogen) atoms. The van der Waals surface area contributed by atoms with E-state index in [2.05, 4.69) is 10.6 Å². The summed E-state index contributed by atoms with van der Waals surface area (Å²) in [5.41, 5.74) is 1.81. The van der Waals surface area contributed by atoms with E-state index in [0.29, 0.717) is 21.5 Å². The van der Waals surface area contributed by atoms with Crippen LogP contribution < -0.4 is 15.4 Å². The number of anilines is 1. The second kappa shape index (κ2) is 8.04. The number of halogens is 2. The van der Waals surface area contributed by atoms with Crippen LogP contribution in [0.15, 0.2) is 36.4 Å². The van der Waals surface area contributed by atoms with Gasteiger partial charge in [-0.15, -0.1) is 0 Å². The number of ether oxygens (including phenoxy) is 1. The Morgan fingerprint density at radius 1 is 1.08 bits per heavy atom. The zero-order chi connectivity index (χ0) is 17.7. The first-order valence-corrected chi connectivity index (χ1v) is 7.83. The lowest BCUT2D eigenvalue weighted by molar-refractivity contribution is -0.115. The molecule has 2 aromatic carbocycles. The third-order valence-electron chi connectivity index (χ3n) is 3.16. The topological polar surface area (TPSA) is 67.4 Å². The minimum absolute atomic E-state index is 0.194. The lowest BCUT2D eigenvalue weighted by Crippen LogP contribution is -2.32. The van der Waals surface area contributed by atoms with E-state index in [1.807, 2.05) is 13.0 Å². The van der Waals surface area contributed by atoms with Crippen molar-refractivity contribution in [3.8, 4) is 5.75 Å². The highest BCUT2D eigenvalue weighted by Gasteiger charge is 2.11. The van der Waals surface area contributed by atoms with Crippen LogP contribution in [0, 0.1) is 6.92 Å². The smallest absolute Gasteiger partial charge is 0.251 e. The number of benzene rings is 2. The van der Waals surface area contributed by atoms with Gasteiger partial charge in [-0.2, -0.15) is 0 Å². The Bertz CT molecular complexity index is 758. The Morgan fingerprint density at radius 2 is 1.75 bits per heavy atom. The van der Waals surface area contributed by atoms with Gasteiger partial charge in [0.25, 0.3) is 5.91 Å². The summed E-state index contributed by atoms with van der Waals surface area (Å²) in [6, 6.07) is 9.90. The standard InChI is InChI=1S/C17H16Cl2N2O3/c1-10-3-4-15(24-2)14(5-10)21-16(22)9-20-17(23)11-6-12(18)8-13(19)7-11/h3-8H,9H2,1-2H3,(H,20,23)(H,21,22).